The molecule has 0 spiro atoms. The highest BCUT2D eigenvalue weighted by Gasteiger charge is 2.12. The van der Waals surface area contributed by atoms with Gasteiger partial charge in [0.15, 0.2) is 0 Å². The van der Waals surface area contributed by atoms with Crippen molar-refractivity contribution >= 4 is 10.0 Å². The number of sulfonamides is 1. The number of rotatable bonds is 11. The first-order chi connectivity index (χ1) is 10.5. The van der Waals surface area contributed by atoms with E-state index in [1.807, 2.05) is 19.1 Å². The van der Waals surface area contributed by atoms with Gasteiger partial charge in [-0.3, -0.25) is 0 Å². The minimum atomic E-state index is -3.39. The van der Waals surface area contributed by atoms with E-state index in [2.05, 4.69) is 23.9 Å². The van der Waals surface area contributed by atoms with E-state index in [4.69, 9.17) is 0 Å². The maximum atomic E-state index is 12.1. The molecule has 0 radical (unpaired) electrons. The van der Waals surface area contributed by atoms with Crippen LogP contribution in [0.4, 0.5) is 0 Å². The van der Waals surface area contributed by atoms with Gasteiger partial charge in [0.2, 0.25) is 10.0 Å². The van der Waals surface area contributed by atoms with Gasteiger partial charge in [-0.25, -0.2) is 13.1 Å². The first-order valence-electron chi connectivity index (χ1n) is 8.26. The summed E-state index contributed by atoms with van der Waals surface area (Å²) >= 11 is 0. The molecule has 22 heavy (non-hydrogen) atoms. The smallest absolute Gasteiger partial charge is 0.240 e. The molecular weight excluding hydrogens is 296 g/mol. The third kappa shape index (κ3) is 6.90. The average molecular weight is 327 g/mol. The third-order valence-electron chi connectivity index (χ3n) is 3.90. The highest BCUT2D eigenvalue weighted by Crippen LogP contribution is 2.11. The SMILES string of the molecule is CCCCC(CC)CNCCNS(=O)(=O)c1ccc(C)cc1. The van der Waals surface area contributed by atoms with Gasteiger partial charge in [-0.15, -0.1) is 0 Å². The Morgan fingerprint density at radius 2 is 1.77 bits per heavy atom. The van der Waals surface area contributed by atoms with Crippen molar-refractivity contribution in [2.24, 2.45) is 5.92 Å². The first kappa shape index (κ1) is 19.1. The molecule has 1 unspecified atom stereocenters. The number of unbranched alkanes of at least 4 members (excludes halogenated alkanes) is 1. The standard InChI is InChI=1S/C17H30N2O2S/c1-4-6-7-16(5-2)14-18-12-13-19-22(20,21)17-10-8-15(3)9-11-17/h8-11,16,18-19H,4-7,12-14H2,1-3H3. The van der Waals surface area contributed by atoms with Crippen molar-refractivity contribution in [1.82, 2.24) is 10.0 Å². The summed E-state index contributed by atoms with van der Waals surface area (Å²) in [5, 5.41) is 3.35. The van der Waals surface area contributed by atoms with Gasteiger partial charge in [-0.05, 0) is 37.9 Å². The van der Waals surface area contributed by atoms with Crippen LogP contribution in [0.25, 0.3) is 0 Å². The van der Waals surface area contributed by atoms with Crippen molar-refractivity contribution in [3.63, 3.8) is 0 Å². The molecule has 0 heterocycles. The zero-order chi connectivity index (χ0) is 16.4. The van der Waals surface area contributed by atoms with Crippen LogP contribution in [0.1, 0.15) is 45.1 Å². The van der Waals surface area contributed by atoms with Gasteiger partial charge in [0.05, 0.1) is 4.90 Å². The lowest BCUT2D eigenvalue weighted by Gasteiger charge is -2.15. The van der Waals surface area contributed by atoms with E-state index in [9.17, 15) is 8.42 Å². The van der Waals surface area contributed by atoms with Gasteiger partial charge in [0, 0.05) is 13.1 Å². The van der Waals surface area contributed by atoms with E-state index >= 15 is 0 Å². The van der Waals surface area contributed by atoms with Gasteiger partial charge in [0.1, 0.15) is 0 Å². The Morgan fingerprint density at radius 3 is 2.36 bits per heavy atom. The summed E-state index contributed by atoms with van der Waals surface area (Å²) in [6, 6.07) is 6.91. The minimum absolute atomic E-state index is 0.326. The first-order valence-corrected chi connectivity index (χ1v) is 9.75. The Labute approximate surface area is 135 Å². The summed E-state index contributed by atoms with van der Waals surface area (Å²) in [5.41, 5.74) is 1.05. The van der Waals surface area contributed by atoms with Gasteiger partial charge < -0.3 is 5.32 Å². The van der Waals surface area contributed by atoms with Crippen molar-refractivity contribution in [3.8, 4) is 0 Å². The number of aryl methyl sites for hydroxylation is 1. The fourth-order valence-corrected chi connectivity index (χ4v) is 3.36. The molecule has 1 aromatic rings. The predicted molar refractivity (Wildman–Crippen MR) is 92.5 cm³/mol. The number of hydrogen-bond acceptors (Lipinski definition) is 3. The quantitative estimate of drug-likeness (QED) is 0.614. The molecule has 4 nitrogen and oxygen atoms in total. The Morgan fingerprint density at radius 1 is 1.09 bits per heavy atom. The molecule has 0 aliphatic rings. The van der Waals surface area contributed by atoms with E-state index in [1.165, 1.54) is 25.7 Å². The normalized spacial score (nSPS) is 13.2. The van der Waals surface area contributed by atoms with E-state index < -0.39 is 10.0 Å². The monoisotopic (exact) mass is 326 g/mol. The molecular formula is C17H30N2O2S. The highest BCUT2D eigenvalue weighted by atomic mass is 32.2. The molecule has 5 heteroatoms. The Hall–Kier alpha value is -0.910. The zero-order valence-corrected chi connectivity index (χ0v) is 14.9. The van der Waals surface area contributed by atoms with E-state index in [-0.39, 0.29) is 0 Å². The Balaban J connectivity index is 2.30. The number of nitrogens with one attached hydrogen (secondary N) is 2. The summed E-state index contributed by atoms with van der Waals surface area (Å²) in [5.74, 6) is 0.689. The second-order valence-corrected chi connectivity index (χ2v) is 7.60. The summed E-state index contributed by atoms with van der Waals surface area (Å²) < 4.78 is 26.8. The Kier molecular flexibility index (Phi) is 8.68. The molecule has 0 fully saturated rings. The van der Waals surface area contributed by atoms with Crippen LogP contribution in [0.15, 0.2) is 29.2 Å². The van der Waals surface area contributed by atoms with Crippen molar-refractivity contribution in [1.29, 1.82) is 0 Å². The predicted octanol–water partition coefficient (Wildman–Crippen LogP) is 3.08. The molecule has 0 aliphatic carbocycles. The van der Waals surface area contributed by atoms with E-state index in [1.54, 1.807) is 12.1 Å². The Bertz CT molecular complexity index is 512. The van der Waals surface area contributed by atoms with E-state index in [0.29, 0.717) is 23.9 Å². The lowest BCUT2D eigenvalue weighted by molar-refractivity contribution is 0.421. The zero-order valence-electron chi connectivity index (χ0n) is 14.1. The second kappa shape index (κ2) is 9.98. The molecule has 126 valence electrons. The molecule has 1 rings (SSSR count). The summed E-state index contributed by atoms with van der Waals surface area (Å²) in [7, 11) is -3.39. The molecule has 0 amide bonds. The average Bonchev–Trinajstić information content (AvgIpc) is 2.50. The minimum Gasteiger partial charge on any atom is -0.315 e. The summed E-state index contributed by atoms with van der Waals surface area (Å²) in [6.45, 7) is 8.40. The van der Waals surface area contributed by atoms with Crippen LogP contribution in [0, 0.1) is 12.8 Å². The molecule has 1 aromatic carbocycles. The van der Waals surface area contributed by atoms with Crippen LogP contribution in [0.3, 0.4) is 0 Å². The third-order valence-corrected chi connectivity index (χ3v) is 5.38. The van der Waals surface area contributed by atoms with Crippen LogP contribution < -0.4 is 10.0 Å². The molecule has 0 aliphatic heterocycles. The maximum absolute atomic E-state index is 12.1. The summed E-state index contributed by atoms with van der Waals surface area (Å²) in [4.78, 5) is 0.326. The van der Waals surface area contributed by atoms with Gasteiger partial charge >= 0.3 is 0 Å². The molecule has 0 saturated heterocycles. The molecule has 2 N–H and O–H groups in total. The lowest BCUT2D eigenvalue weighted by atomic mass is 9.99. The van der Waals surface area contributed by atoms with Crippen molar-refractivity contribution in [3.05, 3.63) is 29.8 Å². The number of benzene rings is 1. The van der Waals surface area contributed by atoms with Gasteiger partial charge in [0.25, 0.3) is 0 Å². The number of hydrogen-bond donors (Lipinski definition) is 2. The molecule has 0 aromatic heterocycles. The highest BCUT2D eigenvalue weighted by molar-refractivity contribution is 7.89. The van der Waals surface area contributed by atoms with Crippen LogP contribution in [0.5, 0.6) is 0 Å². The van der Waals surface area contributed by atoms with Gasteiger partial charge in [-0.1, -0.05) is 50.8 Å². The topological polar surface area (TPSA) is 58.2 Å². The summed E-state index contributed by atoms with van der Waals surface area (Å²) in [6.07, 6.45) is 4.91. The molecule has 0 bridgehead atoms. The fraction of sp³-hybridized carbons (Fsp3) is 0.647. The lowest BCUT2D eigenvalue weighted by Crippen LogP contribution is -2.33. The fourth-order valence-electron chi connectivity index (χ4n) is 2.32. The van der Waals surface area contributed by atoms with E-state index in [0.717, 1.165) is 12.1 Å². The molecule has 1 atom stereocenters. The van der Waals surface area contributed by atoms with Gasteiger partial charge in [-0.2, -0.15) is 0 Å². The van der Waals surface area contributed by atoms with Crippen LogP contribution >= 0.6 is 0 Å². The van der Waals surface area contributed by atoms with Crippen molar-refractivity contribution in [2.75, 3.05) is 19.6 Å². The van der Waals surface area contributed by atoms with Crippen LogP contribution in [-0.4, -0.2) is 28.1 Å². The van der Waals surface area contributed by atoms with Crippen LogP contribution in [-0.2, 0) is 10.0 Å². The second-order valence-electron chi connectivity index (χ2n) is 5.83. The van der Waals surface area contributed by atoms with Crippen molar-refractivity contribution in [2.45, 2.75) is 51.3 Å². The molecule has 0 saturated carbocycles. The van der Waals surface area contributed by atoms with Crippen LogP contribution in [0.2, 0.25) is 0 Å². The van der Waals surface area contributed by atoms with Crippen molar-refractivity contribution < 1.29 is 8.42 Å². The largest absolute Gasteiger partial charge is 0.315 e. The maximum Gasteiger partial charge on any atom is 0.240 e.